The van der Waals surface area contributed by atoms with Gasteiger partial charge in [-0.2, -0.15) is 0 Å². The summed E-state index contributed by atoms with van der Waals surface area (Å²) < 4.78 is 0. The van der Waals surface area contributed by atoms with Gasteiger partial charge in [0.25, 0.3) is 5.91 Å². The lowest BCUT2D eigenvalue weighted by Gasteiger charge is -2.25. The van der Waals surface area contributed by atoms with Crippen LogP contribution < -0.4 is 0 Å². The number of para-hydroxylation sites is 1. The van der Waals surface area contributed by atoms with Gasteiger partial charge in [0.1, 0.15) is 5.69 Å². The SMILES string of the molecule is CC(C)N(CCO)C(=O)c1ccc2ccccc2n1. The maximum absolute atomic E-state index is 12.4. The Bertz CT molecular complexity index is 581. The number of carbonyl (C=O) groups is 1. The summed E-state index contributed by atoms with van der Waals surface area (Å²) in [6.07, 6.45) is 0. The lowest BCUT2D eigenvalue weighted by atomic mass is 10.2. The molecule has 0 aliphatic rings. The molecule has 0 spiro atoms. The van der Waals surface area contributed by atoms with E-state index in [9.17, 15) is 4.79 Å². The van der Waals surface area contributed by atoms with Crippen molar-refractivity contribution in [3.63, 3.8) is 0 Å². The number of nitrogens with zero attached hydrogens (tertiary/aromatic N) is 2. The highest BCUT2D eigenvalue weighted by molar-refractivity contribution is 5.95. The smallest absolute Gasteiger partial charge is 0.272 e. The quantitative estimate of drug-likeness (QED) is 0.913. The molecule has 0 fully saturated rings. The third-order valence-corrected chi connectivity index (χ3v) is 3.04. The molecule has 1 heterocycles. The standard InChI is InChI=1S/C15H18N2O2/c1-11(2)17(9-10-18)15(19)14-8-7-12-5-3-4-6-13(12)16-14/h3-8,11,18H,9-10H2,1-2H3. The Morgan fingerprint density at radius 1 is 1.26 bits per heavy atom. The van der Waals surface area contributed by atoms with Crippen LogP contribution in [0.25, 0.3) is 10.9 Å². The molecule has 4 heteroatoms. The van der Waals surface area contributed by atoms with Gasteiger partial charge in [0, 0.05) is 18.0 Å². The van der Waals surface area contributed by atoms with Crippen LogP contribution in [0.2, 0.25) is 0 Å². The molecule has 19 heavy (non-hydrogen) atoms. The van der Waals surface area contributed by atoms with Crippen LogP contribution in [0.5, 0.6) is 0 Å². The number of rotatable bonds is 4. The first kappa shape index (κ1) is 13.5. The highest BCUT2D eigenvalue weighted by Gasteiger charge is 2.19. The summed E-state index contributed by atoms with van der Waals surface area (Å²) >= 11 is 0. The molecular weight excluding hydrogens is 240 g/mol. The Labute approximate surface area is 112 Å². The number of carbonyl (C=O) groups excluding carboxylic acids is 1. The minimum absolute atomic E-state index is 0.0351. The molecule has 0 saturated carbocycles. The van der Waals surface area contributed by atoms with Crippen molar-refractivity contribution >= 4 is 16.8 Å². The van der Waals surface area contributed by atoms with E-state index in [4.69, 9.17) is 5.11 Å². The molecule has 0 bridgehead atoms. The van der Waals surface area contributed by atoms with Crippen molar-refractivity contribution in [1.29, 1.82) is 0 Å². The Morgan fingerprint density at radius 3 is 2.68 bits per heavy atom. The Balaban J connectivity index is 2.34. The molecule has 0 atom stereocenters. The third-order valence-electron chi connectivity index (χ3n) is 3.04. The highest BCUT2D eigenvalue weighted by Crippen LogP contribution is 2.14. The van der Waals surface area contributed by atoms with Crippen LogP contribution in [0.15, 0.2) is 36.4 Å². The van der Waals surface area contributed by atoms with Gasteiger partial charge in [0.05, 0.1) is 12.1 Å². The topological polar surface area (TPSA) is 53.4 Å². The zero-order chi connectivity index (χ0) is 13.8. The van der Waals surface area contributed by atoms with E-state index in [0.717, 1.165) is 10.9 Å². The van der Waals surface area contributed by atoms with Gasteiger partial charge in [-0.15, -0.1) is 0 Å². The van der Waals surface area contributed by atoms with Crippen LogP contribution >= 0.6 is 0 Å². The number of amides is 1. The summed E-state index contributed by atoms with van der Waals surface area (Å²) in [5.41, 5.74) is 1.22. The Kier molecular flexibility index (Phi) is 4.12. The molecule has 1 N–H and O–H groups in total. The van der Waals surface area contributed by atoms with E-state index in [-0.39, 0.29) is 18.6 Å². The first-order chi connectivity index (χ1) is 9.13. The van der Waals surface area contributed by atoms with E-state index in [2.05, 4.69) is 4.98 Å². The molecule has 4 nitrogen and oxygen atoms in total. The van der Waals surface area contributed by atoms with Crippen LogP contribution in [0.3, 0.4) is 0 Å². The lowest BCUT2D eigenvalue weighted by molar-refractivity contribution is 0.0660. The minimum atomic E-state index is -0.144. The number of benzene rings is 1. The van der Waals surface area contributed by atoms with Crippen molar-refractivity contribution in [1.82, 2.24) is 9.88 Å². The number of aliphatic hydroxyl groups excluding tert-OH is 1. The normalized spacial score (nSPS) is 10.9. The second kappa shape index (κ2) is 5.80. The average Bonchev–Trinajstić information content (AvgIpc) is 2.43. The van der Waals surface area contributed by atoms with Crippen molar-refractivity contribution in [2.24, 2.45) is 0 Å². The van der Waals surface area contributed by atoms with E-state index < -0.39 is 0 Å². The fourth-order valence-electron chi connectivity index (χ4n) is 2.03. The van der Waals surface area contributed by atoms with Crippen LogP contribution in [0, 0.1) is 0 Å². The van der Waals surface area contributed by atoms with E-state index in [0.29, 0.717) is 12.2 Å². The van der Waals surface area contributed by atoms with Crippen molar-refractivity contribution in [3.05, 3.63) is 42.1 Å². The molecule has 0 aliphatic carbocycles. The lowest BCUT2D eigenvalue weighted by Crippen LogP contribution is -2.39. The van der Waals surface area contributed by atoms with Gasteiger partial charge in [-0.1, -0.05) is 24.3 Å². The monoisotopic (exact) mass is 258 g/mol. The third kappa shape index (κ3) is 2.90. The van der Waals surface area contributed by atoms with E-state index in [1.165, 1.54) is 0 Å². The van der Waals surface area contributed by atoms with Crippen LogP contribution in [0.4, 0.5) is 0 Å². The number of aliphatic hydroxyl groups is 1. The molecular formula is C15H18N2O2. The minimum Gasteiger partial charge on any atom is -0.395 e. The van der Waals surface area contributed by atoms with E-state index >= 15 is 0 Å². The fraction of sp³-hybridized carbons (Fsp3) is 0.333. The number of fused-ring (bicyclic) bond motifs is 1. The number of aromatic nitrogens is 1. The Morgan fingerprint density at radius 2 is 2.00 bits per heavy atom. The second-order valence-corrected chi connectivity index (χ2v) is 4.71. The molecule has 1 aromatic heterocycles. The molecule has 0 saturated heterocycles. The first-order valence-electron chi connectivity index (χ1n) is 6.41. The van der Waals surface area contributed by atoms with Crippen molar-refractivity contribution in [2.75, 3.05) is 13.2 Å². The summed E-state index contributed by atoms with van der Waals surface area (Å²) in [5, 5.41) is 10.1. The van der Waals surface area contributed by atoms with Crippen LogP contribution in [-0.4, -0.2) is 40.1 Å². The Hall–Kier alpha value is -1.94. The van der Waals surface area contributed by atoms with Gasteiger partial charge in [-0.05, 0) is 26.0 Å². The molecule has 100 valence electrons. The van der Waals surface area contributed by atoms with Gasteiger partial charge >= 0.3 is 0 Å². The van der Waals surface area contributed by atoms with Crippen molar-refractivity contribution in [2.45, 2.75) is 19.9 Å². The number of hydrogen-bond donors (Lipinski definition) is 1. The van der Waals surface area contributed by atoms with Crippen molar-refractivity contribution in [3.8, 4) is 0 Å². The highest BCUT2D eigenvalue weighted by atomic mass is 16.3. The van der Waals surface area contributed by atoms with Gasteiger partial charge in [-0.3, -0.25) is 4.79 Å². The average molecular weight is 258 g/mol. The van der Waals surface area contributed by atoms with E-state index in [1.54, 1.807) is 11.0 Å². The van der Waals surface area contributed by atoms with Gasteiger partial charge < -0.3 is 10.0 Å². The molecule has 1 amide bonds. The summed E-state index contributed by atoms with van der Waals surface area (Å²) in [7, 11) is 0. The predicted octanol–water partition coefficient (Wildman–Crippen LogP) is 2.08. The zero-order valence-electron chi connectivity index (χ0n) is 11.2. The number of pyridine rings is 1. The molecule has 1 aromatic carbocycles. The number of hydrogen-bond acceptors (Lipinski definition) is 3. The summed E-state index contributed by atoms with van der Waals surface area (Å²) in [6, 6.07) is 11.4. The fourth-order valence-corrected chi connectivity index (χ4v) is 2.03. The zero-order valence-corrected chi connectivity index (χ0v) is 11.2. The predicted molar refractivity (Wildman–Crippen MR) is 75.0 cm³/mol. The molecule has 2 aromatic rings. The maximum Gasteiger partial charge on any atom is 0.272 e. The van der Waals surface area contributed by atoms with Crippen molar-refractivity contribution < 1.29 is 9.90 Å². The summed E-state index contributed by atoms with van der Waals surface area (Å²) in [6.45, 7) is 4.13. The molecule has 0 unspecified atom stereocenters. The molecule has 0 radical (unpaired) electrons. The van der Waals surface area contributed by atoms with Gasteiger partial charge in [0.2, 0.25) is 0 Å². The second-order valence-electron chi connectivity index (χ2n) is 4.71. The largest absolute Gasteiger partial charge is 0.395 e. The summed E-state index contributed by atoms with van der Waals surface area (Å²) in [4.78, 5) is 18.4. The summed E-state index contributed by atoms with van der Waals surface area (Å²) in [5.74, 6) is -0.144. The van der Waals surface area contributed by atoms with Gasteiger partial charge in [-0.25, -0.2) is 4.98 Å². The molecule has 2 rings (SSSR count). The first-order valence-corrected chi connectivity index (χ1v) is 6.41. The molecule has 0 aliphatic heterocycles. The van der Waals surface area contributed by atoms with Gasteiger partial charge in [0.15, 0.2) is 0 Å². The van der Waals surface area contributed by atoms with E-state index in [1.807, 2.05) is 44.2 Å². The van der Waals surface area contributed by atoms with Crippen LogP contribution in [0.1, 0.15) is 24.3 Å². The maximum atomic E-state index is 12.4. The van der Waals surface area contributed by atoms with Crippen LogP contribution in [-0.2, 0) is 0 Å².